The van der Waals surface area contributed by atoms with Crippen LogP contribution < -0.4 is 10.5 Å². The van der Waals surface area contributed by atoms with Crippen LogP contribution in [0.2, 0.25) is 0 Å². The van der Waals surface area contributed by atoms with Crippen molar-refractivity contribution >= 4 is 33.0 Å². The molecule has 2 aromatic heterocycles. The Balaban J connectivity index is 2.20. The predicted molar refractivity (Wildman–Crippen MR) is 86.0 cm³/mol. The number of nitrogens with zero attached hydrogens (tertiary/aromatic N) is 1. The summed E-state index contributed by atoms with van der Waals surface area (Å²) >= 11 is 1.33. The first-order valence-corrected chi connectivity index (χ1v) is 7.27. The molecule has 0 unspecified atom stereocenters. The first kappa shape index (κ1) is 13.6. The summed E-state index contributed by atoms with van der Waals surface area (Å²) in [4.78, 5) is 17.5. The van der Waals surface area contributed by atoms with Crippen LogP contribution in [0.25, 0.3) is 21.5 Å². The fraction of sp³-hybridized carbons (Fsp3) is 0.125. The van der Waals surface area contributed by atoms with E-state index in [1.807, 2.05) is 36.4 Å². The van der Waals surface area contributed by atoms with E-state index in [4.69, 9.17) is 10.5 Å². The van der Waals surface area contributed by atoms with Crippen LogP contribution in [0.4, 0.5) is 5.69 Å². The average Bonchev–Trinajstić information content (AvgIpc) is 2.84. The lowest BCUT2D eigenvalue weighted by Crippen LogP contribution is -1.93. The Morgan fingerprint density at radius 2 is 2.00 bits per heavy atom. The van der Waals surface area contributed by atoms with Crippen molar-refractivity contribution in [1.82, 2.24) is 4.98 Å². The molecule has 3 aromatic rings. The highest BCUT2D eigenvalue weighted by Gasteiger charge is 2.15. The van der Waals surface area contributed by atoms with Crippen molar-refractivity contribution in [3.05, 3.63) is 41.3 Å². The van der Waals surface area contributed by atoms with E-state index in [9.17, 15) is 4.79 Å². The van der Waals surface area contributed by atoms with Crippen molar-refractivity contribution in [3.8, 4) is 17.0 Å². The first-order chi connectivity index (χ1) is 10.1. The van der Waals surface area contributed by atoms with Gasteiger partial charge in [0, 0.05) is 17.9 Å². The minimum absolute atomic E-state index is 0.0330. The van der Waals surface area contributed by atoms with Crippen LogP contribution in [0, 0.1) is 0 Å². The maximum atomic E-state index is 11.6. The molecule has 0 atom stereocenters. The summed E-state index contributed by atoms with van der Waals surface area (Å²) in [6.45, 7) is 1.52. The van der Waals surface area contributed by atoms with Crippen molar-refractivity contribution < 1.29 is 9.53 Å². The van der Waals surface area contributed by atoms with Crippen LogP contribution in [-0.4, -0.2) is 17.9 Å². The third kappa shape index (κ3) is 2.25. The van der Waals surface area contributed by atoms with Gasteiger partial charge in [-0.05, 0) is 24.3 Å². The molecule has 5 heteroatoms. The number of fused-ring (bicyclic) bond motifs is 1. The van der Waals surface area contributed by atoms with Crippen LogP contribution in [0.1, 0.15) is 16.6 Å². The van der Waals surface area contributed by atoms with Gasteiger partial charge in [-0.1, -0.05) is 12.1 Å². The number of ketones is 1. The molecule has 2 N–H and O–H groups in total. The Morgan fingerprint density at radius 1 is 1.24 bits per heavy atom. The second-order valence-corrected chi connectivity index (χ2v) is 5.65. The maximum absolute atomic E-state index is 11.6. The van der Waals surface area contributed by atoms with Gasteiger partial charge >= 0.3 is 0 Å². The van der Waals surface area contributed by atoms with Gasteiger partial charge < -0.3 is 10.5 Å². The molecule has 4 nitrogen and oxygen atoms in total. The molecule has 0 saturated carbocycles. The minimum Gasteiger partial charge on any atom is -0.496 e. The smallest absolute Gasteiger partial charge is 0.171 e. The van der Waals surface area contributed by atoms with E-state index in [2.05, 4.69) is 4.98 Å². The highest BCUT2D eigenvalue weighted by Crippen LogP contribution is 2.36. The number of carbonyl (C=O) groups excluding carboxylic acids is 1. The van der Waals surface area contributed by atoms with Gasteiger partial charge in [-0.15, -0.1) is 11.3 Å². The number of aromatic nitrogens is 1. The number of Topliss-reactive ketones (excluding diaryl/α,β-unsaturated/α-hetero) is 1. The average molecular weight is 298 g/mol. The molecule has 0 aliphatic carbocycles. The van der Waals surface area contributed by atoms with Gasteiger partial charge in [-0.25, -0.2) is 4.98 Å². The quantitative estimate of drug-likeness (QED) is 0.748. The van der Waals surface area contributed by atoms with Gasteiger partial charge in [0.15, 0.2) is 5.78 Å². The van der Waals surface area contributed by atoms with Crippen LogP contribution in [0.15, 0.2) is 36.4 Å². The maximum Gasteiger partial charge on any atom is 0.171 e. The molecule has 1 aromatic carbocycles. The molecule has 0 bridgehead atoms. The summed E-state index contributed by atoms with van der Waals surface area (Å²) in [5.41, 5.74) is 8.24. The van der Waals surface area contributed by atoms with Crippen LogP contribution in [0.5, 0.6) is 5.75 Å². The normalized spacial score (nSPS) is 10.8. The number of thiophene rings is 1. The number of pyridine rings is 1. The number of anilines is 1. The van der Waals surface area contributed by atoms with E-state index >= 15 is 0 Å². The number of rotatable bonds is 3. The fourth-order valence-electron chi connectivity index (χ4n) is 2.26. The summed E-state index contributed by atoms with van der Waals surface area (Å²) in [7, 11) is 1.63. The zero-order valence-corrected chi connectivity index (χ0v) is 12.5. The second-order valence-electron chi connectivity index (χ2n) is 4.65. The first-order valence-electron chi connectivity index (χ1n) is 6.45. The van der Waals surface area contributed by atoms with Crippen molar-refractivity contribution in [2.75, 3.05) is 12.8 Å². The third-order valence-corrected chi connectivity index (χ3v) is 4.51. The van der Waals surface area contributed by atoms with E-state index in [-0.39, 0.29) is 5.78 Å². The fourth-order valence-corrected chi connectivity index (χ4v) is 3.25. The highest BCUT2D eigenvalue weighted by atomic mass is 32.1. The summed E-state index contributed by atoms with van der Waals surface area (Å²) in [5.74, 6) is 0.731. The zero-order valence-electron chi connectivity index (χ0n) is 11.7. The van der Waals surface area contributed by atoms with Crippen molar-refractivity contribution in [2.45, 2.75) is 6.92 Å². The molecule has 0 fully saturated rings. The minimum atomic E-state index is -0.0330. The summed E-state index contributed by atoms with van der Waals surface area (Å²) in [6.07, 6.45) is 0. The number of hydrogen-bond acceptors (Lipinski definition) is 5. The highest BCUT2D eigenvalue weighted by molar-refractivity contribution is 7.21. The van der Waals surface area contributed by atoms with Gasteiger partial charge in [-0.3, -0.25) is 4.79 Å². The lowest BCUT2D eigenvalue weighted by Gasteiger charge is -2.07. The SMILES string of the molecule is COc1ccccc1-c1ccc2c(N)c(C(C)=O)sc2n1. The summed E-state index contributed by atoms with van der Waals surface area (Å²) in [6, 6.07) is 11.5. The van der Waals surface area contributed by atoms with E-state index in [0.29, 0.717) is 10.6 Å². The predicted octanol–water partition coefficient (Wildman–Crippen LogP) is 3.76. The van der Waals surface area contributed by atoms with Gasteiger partial charge in [0.2, 0.25) is 0 Å². The molecule has 0 aliphatic rings. The molecule has 0 radical (unpaired) electrons. The zero-order chi connectivity index (χ0) is 15.0. The van der Waals surface area contributed by atoms with Crippen molar-refractivity contribution in [3.63, 3.8) is 0 Å². The number of nitrogen functional groups attached to an aromatic ring is 1. The van der Waals surface area contributed by atoms with Crippen molar-refractivity contribution in [1.29, 1.82) is 0 Å². The molecule has 0 amide bonds. The summed E-state index contributed by atoms with van der Waals surface area (Å²) in [5, 5.41) is 0.823. The number of ether oxygens (including phenoxy) is 1. The number of methoxy groups -OCH3 is 1. The number of carbonyl (C=O) groups is 1. The second kappa shape index (κ2) is 5.18. The Kier molecular flexibility index (Phi) is 3.35. The number of para-hydroxylation sites is 1. The largest absolute Gasteiger partial charge is 0.496 e. The Hall–Kier alpha value is -2.40. The molecule has 21 heavy (non-hydrogen) atoms. The molecular formula is C16H14N2O2S. The van der Waals surface area contributed by atoms with Crippen LogP contribution in [0.3, 0.4) is 0 Å². The lowest BCUT2D eigenvalue weighted by molar-refractivity contribution is 0.102. The molecule has 0 spiro atoms. The molecule has 2 heterocycles. The van der Waals surface area contributed by atoms with E-state index < -0.39 is 0 Å². The van der Waals surface area contributed by atoms with E-state index in [1.165, 1.54) is 18.3 Å². The van der Waals surface area contributed by atoms with Crippen LogP contribution >= 0.6 is 11.3 Å². The monoisotopic (exact) mass is 298 g/mol. The third-order valence-electron chi connectivity index (χ3n) is 3.30. The molecular weight excluding hydrogens is 284 g/mol. The summed E-state index contributed by atoms with van der Waals surface area (Å²) < 4.78 is 5.36. The number of nitrogens with two attached hydrogens (primary N) is 1. The topological polar surface area (TPSA) is 65.2 Å². The Labute approximate surface area is 126 Å². The lowest BCUT2D eigenvalue weighted by atomic mass is 10.1. The number of benzene rings is 1. The molecule has 0 aliphatic heterocycles. The van der Waals surface area contributed by atoms with Gasteiger partial charge in [0.05, 0.1) is 23.4 Å². The van der Waals surface area contributed by atoms with Gasteiger partial charge in [0.25, 0.3) is 0 Å². The molecule has 3 rings (SSSR count). The van der Waals surface area contributed by atoms with E-state index in [0.717, 1.165) is 27.2 Å². The standard InChI is InChI=1S/C16H14N2O2S/c1-9(19)15-14(17)11-7-8-12(18-16(11)21-15)10-5-3-4-6-13(10)20-2/h3-8H,17H2,1-2H3. The Morgan fingerprint density at radius 3 is 2.71 bits per heavy atom. The van der Waals surface area contributed by atoms with Crippen molar-refractivity contribution in [2.24, 2.45) is 0 Å². The molecule has 0 saturated heterocycles. The van der Waals surface area contributed by atoms with Crippen LogP contribution in [-0.2, 0) is 0 Å². The Bertz CT molecular complexity index is 839. The number of hydrogen-bond donors (Lipinski definition) is 1. The van der Waals surface area contributed by atoms with E-state index in [1.54, 1.807) is 7.11 Å². The van der Waals surface area contributed by atoms with Gasteiger partial charge in [0.1, 0.15) is 10.6 Å². The van der Waals surface area contributed by atoms with Gasteiger partial charge in [-0.2, -0.15) is 0 Å². The molecule has 106 valence electrons.